The van der Waals surface area contributed by atoms with Crippen LogP contribution in [0.4, 0.5) is 0 Å². The summed E-state index contributed by atoms with van der Waals surface area (Å²) in [7, 11) is 0. The first kappa shape index (κ1) is 12.2. The van der Waals surface area contributed by atoms with Gasteiger partial charge in [-0.1, -0.05) is 12.8 Å². The molecule has 0 aliphatic heterocycles. The van der Waals surface area contributed by atoms with Crippen molar-refractivity contribution in [2.24, 2.45) is 0 Å². The molecule has 0 unspecified atom stereocenters. The van der Waals surface area contributed by atoms with Gasteiger partial charge >= 0.3 is 0 Å². The van der Waals surface area contributed by atoms with E-state index in [-0.39, 0.29) is 5.78 Å². The maximum Gasteiger partial charge on any atom is 0.154 e. The van der Waals surface area contributed by atoms with Gasteiger partial charge in [0.2, 0.25) is 0 Å². The molecular formula is C12H20N4O. The lowest BCUT2D eigenvalue weighted by Gasteiger charge is -2.10. The zero-order valence-electron chi connectivity index (χ0n) is 10.4. The molecule has 0 atom stereocenters. The van der Waals surface area contributed by atoms with Crippen LogP contribution in [0.2, 0.25) is 0 Å². The van der Waals surface area contributed by atoms with Gasteiger partial charge in [0.15, 0.2) is 5.78 Å². The lowest BCUT2D eigenvalue weighted by molar-refractivity contribution is -0.117. The molecule has 1 heterocycles. The maximum absolute atomic E-state index is 11.8. The van der Waals surface area contributed by atoms with E-state index < -0.39 is 0 Å². The monoisotopic (exact) mass is 236 g/mol. The van der Waals surface area contributed by atoms with E-state index in [0.717, 1.165) is 12.4 Å². The van der Waals surface area contributed by atoms with Gasteiger partial charge in [-0.05, 0) is 19.8 Å². The van der Waals surface area contributed by atoms with Gasteiger partial charge in [-0.2, -0.15) is 5.10 Å². The van der Waals surface area contributed by atoms with Crippen molar-refractivity contribution in [1.29, 1.82) is 0 Å². The third kappa shape index (κ3) is 3.36. The van der Waals surface area contributed by atoms with Crippen LogP contribution in [0.1, 0.15) is 38.4 Å². The van der Waals surface area contributed by atoms with Crippen molar-refractivity contribution in [3.63, 3.8) is 0 Å². The van der Waals surface area contributed by atoms with Crippen molar-refractivity contribution < 1.29 is 4.79 Å². The van der Waals surface area contributed by atoms with Crippen LogP contribution in [0.3, 0.4) is 0 Å². The number of nitrogens with zero attached hydrogens (tertiary/aromatic N) is 3. The number of rotatable bonds is 6. The molecular weight excluding hydrogens is 216 g/mol. The minimum Gasteiger partial charge on any atom is -0.307 e. The summed E-state index contributed by atoms with van der Waals surface area (Å²) in [6, 6.07) is 0.544. The van der Waals surface area contributed by atoms with Gasteiger partial charge in [-0.15, -0.1) is 0 Å². The maximum atomic E-state index is 11.8. The molecule has 0 amide bonds. The Balaban J connectivity index is 1.76. The Morgan fingerprint density at radius 3 is 3.00 bits per heavy atom. The number of aryl methyl sites for hydroxylation is 1. The summed E-state index contributed by atoms with van der Waals surface area (Å²) < 4.78 is 1.77. The van der Waals surface area contributed by atoms with E-state index in [0.29, 0.717) is 19.0 Å². The molecule has 1 aliphatic carbocycles. The van der Waals surface area contributed by atoms with E-state index in [9.17, 15) is 4.79 Å². The van der Waals surface area contributed by atoms with Crippen LogP contribution in [-0.4, -0.2) is 33.1 Å². The molecule has 0 radical (unpaired) electrons. The van der Waals surface area contributed by atoms with Crippen molar-refractivity contribution in [3.05, 3.63) is 12.2 Å². The third-order valence-electron chi connectivity index (χ3n) is 3.29. The molecule has 94 valence electrons. The van der Waals surface area contributed by atoms with Crippen molar-refractivity contribution in [3.8, 4) is 0 Å². The van der Waals surface area contributed by atoms with Gasteiger partial charge in [-0.3, -0.25) is 4.79 Å². The minimum absolute atomic E-state index is 0.194. The van der Waals surface area contributed by atoms with Crippen LogP contribution in [0.5, 0.6) is 0 Å². The predicted molar refractivity (Wildman–Crippen MR) is 64.7 cm³/mol. The highest BCUT2D eigenvalue weighted by Crippen LogP contribution is 2.17. The lowest BCUT2D eigenvalue weighted by atomic mass is 10.2. The number of Topliss-reactive ketones (excluding diaryl/α,β-unsaturated/α-hetero) is 1. The summed E-state index contributed by atoms with van der Waals surface area (Å²) in [6.45, 7) is 3.22. The molecule has 5 nitrogen and oxygen atoms in total. The fourth-order valence-electron chi connectivity index (χ4n) is 2.32. The van der Waals surface area contributed by atoms with Crippen LogP contribution < -0.4 is 5.32 Å². The second-order valence-corrected chi connectivity index (χ2v) is 4.57. The molecule has 1 aromatic heterocycles. The van der Waals surface area contributed by atoms with E-state index in [1.165, 1.54) is 32.0 Å². The quantitative estimate of drug-likeness (QED) is 0.798. The highest BCUT2D eigenvalue weighted by Gasteiger charge is 2.16. The highest BCUT2D eigenvalue weighted by molar-refractivity contribution is 5.82. The first-order valence-electron chi connectivity index (χ1n) is 6.41. The Labute approximate surface area is 102 Å². The normalized spacial score (nSPS) is 16.5. The summed E-state index contributed by atoms with van der Waals surface area (Å²) in [5.41, 5.74) is 0. The number of hydrogen-bond acceptors (Lipinski definition) is 4. The molecule has 1 aliphatic rings. The van der Waals surface area contributed by atoms with E-state index in [2.05, 4.69) is 15.4 Å². The van der Waals surface area contributed by atoms with Crippen molar-refractivity contribution in [2.75, 3.05) is 6.54 Å². The first-order chi connectivity index (χ1) is 8.29. The number of ketones is 1. The molecule has 1 aromatic rings. The number of aromatic nitrogens is 3. The summed E-state index contributed by atoms with van der Waals surface area (Å²) in [6.07, 6.45) is 6.88. The van der Waals surface area contributed by atoms with Crippen LogP contribution in [0.15, 0.2) is 6.33 Å². The highest BCUT2D eigenvalue weighted by atomic mass is 16.1. The summed E-state index contributed by atoms with van der Waals surface area (Å²) in [5.74, 6) is 0.963. The van der Waals surface area contributed by atoms with Crippen molar-refractivity contribution >= 4 is 5.78 Å². The molecule has 0 spiro atoms. The zero-order valence-corrected chi connectivity index (χ0v) is 10.4. The molecule has 0 bridgehead atoms. The standard InChI is InChI=1S/C12H20N4O/c1-2-16-12(14-9-15-16)7-11(17)8-13-10-5-3-4-6-10/h9-10,13H,2-8H2,1H3. The topological polar surface area (TPSA) is 59.8 Å². The molecule has 1 fully saturated rings. The molecule has 17 heavy (non-hydrogen) atoms. The lowest BCUT2D eigenvalue weighted by Crippen LogP contribution is -2.32. The van der Waals surface area contributed by atoms with Crippen LogP contribution in [0.25, 0.3) is 0 Å². The van der Waals surface area contributed by atoms with E-state index >= 15 is 0 Å². The number of hydrogen-bond donors (Lipinski definition) is 1. The Kier molecular flexibility index (Phi) is 4.25. The third-order valence-corrected chi connectivity index (χ3v) is 3.29. The second kappa shape index (κ2) is 5.91. The van der Waals surface area contributed by atoms with Gasteiger partial charge in [-0.25, -0.2) is 9.67 Å². The fraction of sp³-hybridized carbons (Fsp3) is 0.750. The SMILES string of the molecule is CCn1ncnc1CC(=O)CNC1CCCC1. The molecule has 2 rings (SSSR count). The predicted octanol–water partition coefficient (Wildman–Crippen LogP) is 0.942. The van der Waals surface area contributed by atoms with Gasteiger partial charge in [0.05, 0.1) is 13.0 Å². The fourth-order valence-corrected chi connectivity index (χ4v) is 2.32. The molecule has 0 aromatic carbocycles. The largest absolute Gasteiger partial charge is 0.307 e. The zero-order chi connectivity index (χ0) is 12.1. The first-order valence-corrected chi connectivity index (χ1v) is 6.41. The van der Waals surface area contributed by atoms with Crippen LogP contribution >= 0.6 is 0 Å². The average Bonchev–Trinajstić information content (AvgIpc) is 2.97. The molecule has 1 N–H and O–H groups in total. The number of nitrogens with one attached hydrogen (secondary N) is 1. The van der Waals surface area contributed by atoms with E-state index in [4.69, 9.17) is 0 Å². The summed E-state index contributed by atoms with van der Waals surface area (Å²) in [5, 5.41) is 7.38. The van der Waals surface area contributed by atoms with E-state index in [1.54, 1.807) is 4.68 Å². The van der Waals surface area contributed by atoms with Crippen molar-refractivity contribution in [1.82, 2.24) is 20.1 Å². The van der Waals surface area contributed by atoms with E-state index in [1.807, 2.05) is 6.92 Å². The van der Waals surface area contributed by atoms with Crippen LogP contribution in [-0.2, 0) is 17.8 Å². The Morgan fingerprint density at radius 2 is 2.29 bits per heavy atom. The minimum atomic E-state index is 0.194. The summed E-state index contributed by atoms with van der Waals surface area (Å²) in [4.78, 5) is 15.9. The Morgan fingerprint density at radius 1 is 1.53 bits per heavy atom. The van der Waals surface area contributed by atoms with Gasteiger partial charge in [0.1, 0.15) is 12.2 Å². The van der Waals surface area contributed by atoms with Gasteiger partial charge in [0.25, 0.3) is 0 Å². The van der Waals surface area contributed by atoms with Gasteiger partial charge in [0, 0.05) is 12.6 Å². The van der Waals surface area contributed by atoms with Gasteiger partial charge < -0.3 is 5.32 Å². The number of carbonyl (C=O) groups excluding carboxylic acids is 1. The second-order valence-electron chi connectivity index (χ2n) is 4.57. The Bertz CT molecular complexity index is 368. The van der Waals surface area contributed by atoms with Crippen molar-refractivity contribution in [2.45, 2.75) is 51.6 Å². The number of carbonyl (C=O) groups is 1. The smallest absolute Gasteiger partial charge is 0.154 e. The Hall–Kier alpha value is -1.23. The summed E-state index contributed by atoms with van der Waals surface area (Å²) >= 11 is 0. The van der Waals surface area contributed by atoms with Crippen LogP contribution in [0, 0.1) is 0 Å². The average molecular weight is 236 g/mol. The molecule has 5 heteroatoms. The molecule has 1 saturated carbocycles. The molecule has 0 saturated heterocycles.